The molecule has 0 saturated carbocycles. The lowest BCUT2D eigenvalue weighted by Crippen LogP contribution is -2.01. The van der Waals surface area contributed by atoms with Crippen molar-refractivity contribution in [2.24, 2.45) is 0 Å². The summed E-state index contributed by atoms with van der Waals surface area (Å²) in [5.74, 6) is 1.78. The van der Waals surface area contributed by atoms with Gasteiger partial charge >= 0.3 is 0 Å². The number of hydrogen-bond donors (Lipinski definition) is 0. The molecule has 0 saturated heterocycles. The third-order valence-corrected chi connectivity index (χ3v) is 10.0. The highest BCUT2D eigenvalue weighted by molar-refractivity contribution is 6.16. The van der Waals surface area contributed by atoms with Gasteiger partial charge in [0.05, 0.1) is 6.20 Å². The molecule has 0 spiro atoms. The minimum Gasteiger partial charge on any atom is -0.456 e. The average Bonchev–Trinajstić information content (AvgIpc) is 3.79. The van der Waals surface area contributed by atoms with Crippen LogP contribution in [0.2, 0.25) is 0 Å². The summed E-state index contributed by atoms with van der Waals surface area (Å²) >= 11 is 0. The summed E-state index contributed by atoms with van der Waals surface area (Å²) in [5, 5.41) is 8.53. The molecule has 0 aliphatic rings. The van der Waals surface area contributed by atoms with Crippen LogP contribution >= 0.6 is 0 Å². The number of rotatable bonds is 4. The van der Waals surface area contributed by atoms with Crippen LogP contribution in [0.5, 0.6) is 0 Å². The molecule has 0 amide bonds. The highest BCUT2D eigenvalue weighted by Gasteiger charge is 2.20. The predicted octanol–water partition coefficient (Wildman–Crippen LogP) is 12.0. The van der Waals surface area contributed by atoms with E-state index in [2.05, 4.69) is 102 Å². The number of fused-ring (bicyclic) bond motifs is 8. The standard InChI is InChI=1S/C46H26N4O2/c1-2-10-28-25-29(22-21-27(28)9-1)44-48-45(50-46(49-44)37-17-8-20-40-43(37)35-11-3-4-18-38(35)51-40)34-16-6-12-30-31(13-5-14-32(30)34)33-15-7-19-39-42(33)36-23-24-47-26-41(36)52-39/h1-26H. The maximum Gasteiger partial charge on any atom is 0.164 e. The zero-order chi connectivity index (χ0) is 34.2. The molecule has 0 radical (unpaired) electrons. The number of furan rings is 2. The molecule has 4 aromatic heterocycles. The molecule has 11 rings (SSSR count). The number of aromatic nitrogens is 4. The van der Waals surface area contributed by atoms with E-state index in [1.54, 1.807) is 6.20 Å². The van der Waals surface area contributed by atoms with Gasteiger partial charge in [0, 0.05) is 44.4 Å². The van der Waals surface area contributed by atoms with Crippen molar-refractivity contribution in [2.75, 3.05) is 0 Å². The Kier molecular flexibility index (Phi) is 6.15. The van der Waals surface area contributed by atoms with Gasteiger partial charge in [-0.3, -0.25) is 4.98 Å². The van der Waals surface area contributed by atoms with Crippen LogP contribution in [0.15, 0.2) is 167 Å². The molecule has 4 heterocycles. The van der Waals surface area contributed by atoms with Gasteiger partial charge in [-0.2, -0.15) is 0 Å². The quantitative estimate of drug-likeness (QED) is 0.186. The van der Waals surface area contributed by atoms with E-state index in [-0.39, 0.29) is 0 Å². The van der Waals surface area contributed by atoms with Gasteiger partial charge in [-0.15, -0.1) is 0 Å². The van der Waals surface area contributed by atoms with E-state index in [1.165, 1.54) is 0 Å². The second kappa shape index (κ2) is 11.2. The van der Waals surface area contributed by atoms with E-state index < -0.39 is 0 Å². The van der Waals surface area contributed by atoms with Gasteiger partial charge in [0.15, 0.2) is 23.1 Å². The van der Waals surface area contributed by atoms with Crippen LogP contribution < -0.4 is 0 Å². The van der Waals surface area contributed by atoms with E-state index in [1.807, 2.05) is 54.7 Å². The lowest BCUT2D eigenvalue weighted by Gasteiger charge is -2.13. The molecule has 0 aliphatic carbocycles. The van der Waals surface area contributed by atoms with Crippen LogP contribution in [0.25, 0.3) is 111 Å². The van der Waals surface area contributed by atoms with Crippen molar-refractivity contribution >= 4 is 65.4 Å². The van der Waals surface area contributed by atoms with Crippen molar-refractivity contribution in [2.45, 2.75) is 0 Å². The van der Waals surface area contributed by atoms with Crippen molar-refractivity contribution in [3.63, 3.8) is 0 Å². The first-order valence-electron chi connectivity index (χ1n) is 17.2. The van der Waals surface area contributed by atoms with Gasteiger partial charge in [-0.05, 0) is 63.0 Å². The van der Waals surface area contributed by atoms with Crippen LogP contribution in [-0.2, 0) is 0 Å². The second-order valence-corrected chi connectivity index (χ2v) is 13.0. The highest BCUT2D eigenvalue weighted by Crippen LogP contribution is 2.41. The summed E-state index contributed by atoms with van der Waals surface area (Å²) in [5.41, 5.74) is 8.14. The molecule has 0 N–H and O–H groups in total. The number of hydrogen-bond acceptors (Lipinski definition) is 6. The lowest BCUT2D eigenvalue weighted by molar-refractivity contribution is 0.667. The third-order valence-electron chi connectivity index (χ3n) is 10.0. The summed E-state index contributed by atoms with van der Waals surface area (Å²) in [6.07, 6.45) is 3.59. The smallest absolute Gasteiger partial charge is 0.164 e. The fraction of sp³-hybridized carbons (Fsp3) is 0. The van der Waals surface area contributed by atoms with Gasteiger partial charge < -0.3 is 8.83 Å². The van der Waals surface area contributed by atoms with Crippen LogP contribution in [0.3, 0.4) is 0 Å². The van der Waals surface area contributed by atoms with Crippen molar-refractivity contribution in [3.05, 3.63) is 158 Å². The van der Waals surface area contributed by atoms with Gasteiger partial charge in [0.25, 0.3) is 0 Å². The van der Waals surface area contributed by atoms with Gasteiger partial charge in [-0.1, -0.05) is 115 Å². The molecule has 6 heteroatoms. The van der Waals surface area contributed by atoms with E-state index in [0.29, 0.717) is 17.5 Å². The Hall–Kier alpha value is -7.18. The highest BCUT2D eigenvalue weighted by atomic mass is 16.3. The minimum absolute atomic E-state index is 0.585. The summed E-state index contributed by atoms with van der Waals surface area (Å²) in [6, 6.07) is 49.9. The van der Waals surface area contributed by atoms with Crippen molar-refractivity contribution < 1.29 is 8.83 Å². The summed E-state index contributed by atoms with van der Waals surface area (Å²) < 4.78 is 12.5. The third kappa shape index (κ3) is 4.38. The molecule has 7 aromatic carbocycles. The normalized spacial score (nSPS) is 11.8. The first kappa shape index (κ1) is 28.6. The molecule has 0 bridgehead atoms. The SMILES string of the molecule is c1ccc2cc(-c3nc(-c4cccc5c(-c6cccc7oc8cnccc8c67)cccc45)nc(-c4cccc5oc6ccccc6c45)n3)ccc2c1. The van der Waals surface area contributed by atoms with Crippen molar-refractivity contribution in [3.8, 4) is 45.3 Å². The maximum absolute atomic E-state index is 6.28. The van der Waals surface area contributed by atoms with Gasteiger partial charge in [0.1, 0.15) is 16.7 Å². The maximum atomic E-state index is 6.28. The number of nitrogens with zero attached hydrogens (tertiary/aromatic N) is 4. The average molecular weight is 667 g/mol. The lowest BCUT2D eigenvalue weighted by atomic mass is 9.93. The van der Waals surface area contributed by atoms with Crippen molar-refractivity contribution in [1.29, 1.82) is 0 Å². The zero-order valence-corrected chi connectivity index (χ0v) is 27.6. The van der Waals surface area contributed by atoms with Gasteiger partial charge in [-0.25, -0.2) is 15.0 Å². The van der Waals surface area contributed by atoms with E-state index >= 15 is 0 Å². The van der Waals surface area contributed by atoms with Crippen LogP contribution in [0.1, 0.15) is 0 Å². The topological polar surface area (TPSA) is 77.8 Å². The summed E-state index contributed by atoms with van der Waals surface area (Å²) in [4.78, 5) is 19.9. The van der Waals surface area contributed by atoms with Crippen LogP contribution in [-0.4, -0.2) is 19.9 Å². The molecule has 6 nitrogen and oxygen atoms in total. The van der Waals surface area contributed by atoms with Crippen molar-refractivity contribution in [1.82, 2.24) is 19.9 Å². The Labute approximate surface area is 296 Å². The first-order valence-corrected chi connectivity index (χ1v) is 17.2. The fourth-order valence-electron chi connectivity index (χ4n) is 7.68. The number of pyridine rings is 1. The molecule has 0 atom stereocenters. The van der Waals surface area contributed by atoms with E-state index in [4.69, 9.17) is 23.8 Å². The Morgan fingerprint density at radius 1 is 0.365 bits per heavy atom. The van der Waals surface area contributed by atoms with Crippen LogP contribution in [0, 0.1) is 0 Å². The van der Waals surface area contributed by atoms with Crippen LogP contribution in [0.4, 0.5) is 0 Å². The van der Waals surface area contributed by atoms with Gasteiger partial charge in [0.2, 0.25) is 0 Å². The Balaban J connectivity index is 1.17. The molecule has 242 valence electrons. The molecule has 0 unspecified atom stereocenters. The monoisotopic (exact) mass is 666 g/mol. The number of benzene rings is 7. The summed E-state index contributed by atoms with van der Waals surface area (Å²) in [7, 11) is 0. The van der Waals surface area contributed by atoms with E-state index in [9.17, 15) is 0 Å². The molecule has 11 aromatic rings. The second-order valence-electron chi connectivity index (χ2n) is 13.0. The molecule has 0 fully saturated rings. The number of para-hydroxylation sites is 1. The largest absolute Gasteiger partial charge is 0.456 e. The minimum atomic E-state index is 0.585. The molecular weight excluding hydrogens is 641 g/mol. The Morgan fingerprint density at radius 2 is 0.942 bits per heavy atom. The molecule has 52 heavy (non-hydrogen) atoms. The zero-order valence-electron chi connectivity index (χ0n) is 27.6. The Bertz CT molecular complexity index is 3210. The summed E-state index contributed by atoms with van der Waals surface area (Å²) in [6.45, 7) is 0. The van der Waals surface area contributed by atoms with E-state index in [0.717, 1.165) is 93.2 Å². The first-order chi connectivity index (χ1) is 25.8. The molecule has 0 aliphatic heterocycles. The Morgan fingerprint density at radius 3 is 1.81 bits per heavy atom. The fourth-order valence-corrected chi connectivity index (χ4v) is 7.68. The molecular formula is C46H26N4O2. The predicted molar refractivity (Wildman–Crippen MR) is 209 cm³/mol.